The Morgan fingerprint density at radius 2 is 2.15 bits per heavy atom. The van der Waals surface area contributed by atoms with Crippen LogP contribution in [0, 0.1) is 5.92 Å². The van der Waals surface area contributed by atoms with E-state index in [1.165, 1.54) is 10.6 Å². The van der Waals surface area contributed by atoms with Crippen LogP contribution in [0.25, 0.3) is 11.4 Å². The van der Waals surface area contributed by atoms with E-state index in [1.807, 2.05) is 6.92 Å². The first-order valence-electron chi connectivity index (χ1n) is 6.59. The third-order valence-corrected chi connectivity index (χ3v) is 2.83. The molecule has 0 bridgehead atoms. The summed E-state index contributed by atoms with van der Waals surface area (Å²) < 4.78 is 12.3. The number of aryl methyl sites for hydroxylation is 1. The Bertz CT molecular complexity index is 631. The smallest absolute Gasteiger partial charge is 0.255 e. The van der Waals surface area contributed by atoms with Gasteiger partial charge in [-0.05, 0) is 18.9 Å². The van der Waals surface area contributed by atoms with Crippen molar-refractivity contribution in [2.24, 2.45) is 13.0 Å². The highest BCUT2D eigenvalue weighted by Gasteiger charge is 2.16. The van der Waals surface area contributed by atoms with E-state index in [9.17, 15) is 4.79 Å². The Morgan fingerprint density at radius 1 is 1.40 bits per heavy atom. The van der Waals surface area contributed by atoms with Gasteiger partial charge in [0.1, 0.15) is 6.10 Å². The number of ether oxygens (including phenoxy) is 1. The third kappa shape index (κ3) is 3.33. The van der Waals surface area contributed by atoms with E-state index < -0.39 is 0 Å². The Kier molecular flexibility index (Phi) is 4.34. The average Bonchev–Trinajstić information content (AvgIpc) is 2.89. The molecule has 2 rings (SSSR count). The molecule has 0 amide bonds. The minimum atomic E-state index is -0.259. The molecule has 0 aliphatic carbocycles. The lowest BCUT2D eigenvalue weighted by Gasteiger charge is -2.10. The van der Waals surface area contributed by atoms with Gasteiger partial charge in [0.25, 0.3) is 11.4 Å². The molecular formula is C14H19N3O3. The van der Waals surface area contributed by atoms with Crippen LogP contribution in [0.2, 0.25) is 0 Å². The molecule has 6 heteroatoms. The normalized spacial score (nSPS) is 12.8. The molecule has 0 aliphatic rings. The fourth-order valence-corrected chi connectivity index (χ4v) is 1.61. The molecule has 1 atom stereocenters. The van der Waals surface area contributed by atoms with E-state index in [0.717, 1.165) is 0 Å². The van der Waals surface area contributed by atoms with Crippen molar-refractivity contribution in [3.8, 4) is 11.4 Å². The minimum absolute atomic E-state index is 0.113. The maximum absolute atomic E-state index is 11.6. The Labute approximate surface area is 117 Å². The topological polar surface area (TPSA) is 70.2 Å². The van der Waals surface area contributed by atoms with Gasteiger partial charge in [0.15, 0.2) is 0 Å². The number of nitrogens with zero attached hydrogens (tertiary/aromatic N) is 3. The zero-order valence-corrected chi connectivity index (χ0v) is 12.2. The van der Waals surface area contributed by atoms with Gasteiger partial charge in [-0.2, -0.15) is 4.98 Å². The summed E-state index contributed by atoms with van der Waals surface area (Å²) in [6.45, 7) is 6.64. The Balaban J connectivity index is 2.15. The summed E-state index contributed by atoms with van der Waals surface area (Å²) in [5.74, 6) is 1.26. The third-order valence-electron chi connectivity index (χ3n) is 2.83. The van der Waals surface area contributed by atoms with Crippen LogP contribution in [0.5, 0.6) is 0 Å². The van der Waals surface area contributed by atoms with Crippen molar-refractivity contribution < 1.29 is 9.26 Å². The van der Waals surface area contributed by atoms with E-state index in [-0.39, 0.29) is 11.7 Å². The molecule has 0 N–H and O–H groups in total. The van der Waals surface area contributed by atoms with Crippen molar-refractivity contribution in [2.45, 2.75) is 26.9 Å². The van der Waals surface area contributed by atoms with Crippen molar-refractivity contribution >= 4 is 0 Å². The maximum Gasteiger partial charge on any atom is 0.255 e. The first-order chi connectivity index (χ1) is 9.47. The molecular weight excluding hydrogens is 258 g/mol. The van der Waals surface area contributed by atoms with Gasteiger partial charge in [-0.1, -0.05) is 19.0 Å². The molecule has 2 heterocycles. The van der Waals surface area contributed by atoms with Crippen molar-refractivity contribution in [1.82, 2.24) is 14.7 Å². The fraction of sp³-hybridized carbons (Fsp3) is 0.500. The van der Waals surface area contributed by atoms with Gasteiger partial charge in [-0.25, -0.2) is 0 Å². The van der Waals surface area contributed by atoms with Gasteiger partial charge in [0, 0.05) is 31.5 Å². The minimum Gasteiger partial charge on any atom is -0.368 e. The lowest BCUT2D eigenvalue weighted by atomic mass is 10.2. The fourth-order valence-electron chi connectivity index (χ4n) is 1.61. The molecule has 0 saturated carbocycles. The van der Waals surface area contributed by atoms with E-state index >= 15 is 0 Å². The molecule has 108 valence electrons. The zero-order valence-electron chi connectivity index (χ0n) is 12.2. The largest absolute Gasteiger partial charge is 0.368 e. The number of pyridine rings is 1. The van der Waals surface area contributed by atoms with Gasteiger partial charge < -0.3 is 13.8 Å². The first kappa shape index (κ1) is 14.5. The quantitative estimate of drug-likeness (QED) is 0.837. The Hall–Kier alpha value is -1.95. The van der Waals surface area contributed by atoms with Crippen molar-refractivity contribution in [2.75, 3.05) is 6.61 Å². The van der Waals surface area contributed by atoms with Gasteiger partial charge in [0.05, 0.1) is 0 Å². The molecule has 1 unspecified atom stereocenters. The zero-order chi connectivity index (χ0) is 14.7. The maximum atomic E-state index is 11.6. The lowest BCUT2D eigenvalue weighted by molar-refractivity contribution is 0.0268. The van der Waals surface area contributed by atoms with E-state index in [0.29, 0.717) is 29.8 Å². The SMILES string of the molecule is CC(C)COC(C)c1nc(-c2ccn(C)c(=O)c2)no1. The molecule has 0 aromatic carbocycles. The molecule has 0 fully saturated rings. The number of rotatable bonds is 5. The average molecular weight is 277 g/mol. The van der Waals surface area contributed by atoms with E-state index in [2.05, 4.69) is 24.0 Å². The second-order valence-electron chi connectivity index (χ2n) is 5.19. The molecule has 2 aromatic heterocycles. The molecule has 0 aliphatic heterocycles. The molecule has 0 spiro atoms. The second kappa shape index (κ2) is 6.00. The van der Waals surface area contributed by atoms with Crippen LogP contribution in [0.3, 0.4) is 0 Å². The molecule has 0 saturated heterocycles. The van der Waals surface area contributed by atoms with Crippen LogP contribution in [0.4, 0.5) is 0 Å². The van der Waals surface area contributed by atoms with Crippen molar-refractivity contribution in [3.63, 3.8) is 0 Å². The van der Waals surface area contributed by atoms with E-state index in [1.54, 1.807) is 19.3 Å². The Morgan fingerprint density at radius 3 is 2.80 bits per heavy atom. The summed E-state index contributed by atoms with van der Waals surface area (Å²) in [6, 6.07) is 3.25. The van der Waals surface area contributed by atoms with Crippen LogP contribution in [-0.4, -0.2) is 21.3 Å². The van der Waals surface area contributed by atoms with Gasteiger partial charge in [-0.15, -0.1) is 0 Å². The standard InChI is InChI=1S/C14H19N3O3/c1-9(2)8-19-10(3)14-15-13(16-20-14)11-5-6-17(4)12(18)7-11/h5-7,9-10H,8H2,1-4H3. The highest BCUT2D eigenvalue weighted by Crippen LogP contribution is 2.19. The van der Waals surface area contributed by atoms with Gasteiger partial charge in [-0.3, -0.25) is 4.79 Å². The van der Waals surface area contributed by atoms with Crippen molar-refractivity contribution in [3.05, 3.63) is 34.6 Å². The summed E-state index contributed by atoms with van der Waals surface area (Å²) in [7, 11) is 1.69. The molecule has 2 aromatic rings. The van der Waals surface area contributed by atoms with Crippen LogP contribution >= 0.6 is 0 Å². The van der Waals surface area contributed by atoms with Crippen LogP contribution in [0.1, 0.15) is 32.8 Å². The van der Waals surface area contributed by atoms with Crippen LogP contribution in [-0.2, 0) is 11.8 Å². The summed E-state index contributed by atoms with van der Waals surface area (Å²) in [6.07, 6.45) is 1.41. The monoisotopic (exact) mass is 277 g/mol. The predicted molar refractivity (Wildman–Crippen MR) is 74.2 cm³/mol. The molecule has 6 nitrogen and oxygen atoms in total. The lowest BCUT2D eigenvalue weighted by Crippen LogP contribution is -2.14. The first-order valence-corrected chi connectivity index (χ1v) is 6.59. The number of hydrogen-bond donors (Lipinski definition) is 0. The summed E-state index contributed by atoms with van der Waals surface area (Å²) >= 11 is 0. The summed E-state index contributed by atoms with van der Waals surface area (Å²) in [5, 5.41) is 3.89. The highest BCUT2D eigenvalue weighted by atomic mass is 16.5. The van der Waals surface area contributed by atoms with Crippen molar-refractivity contribution in [1.29, 1.82) is 0 Å². The molecule has 0 radical (unpaired) electrons. The summed E-state index contributed by atoms with van der Waals surface area (Å²) in [4.78, 5) is 15.9. The highest BCUT2D eigenvalue weighted by molar-refractivity contribution is 5.52. The number of hydrogen-bond acceptors (Lipinski definition) is 5. The van der Waals surface area contributed by atoms with Crippen LogP contribution in [0.15, 0.2) is 27.6 Å². The molecule has 20 heavy (non-hydrogen) atoms. The number of aromatic nitrogens is 3. The van der Waals surface area contributed by atoms with Crippen LogP contribution < -0.4 is 5.56 Å². The van der Waals surface area contributed by atoms with Gasteiger partial charge >= 0.3 is 0 Å². The van der Waals surface area contributed by atoms with Gasteiger partial charge in [0.2, 0.25) is 5.82 Å². The summed E-state index contributed by atoms with van der Waals surface area (Å²) in [5.41, 5.74) is 0.525. The van der Waals surface area contributed by atoms with E-state index in [4.69, 9.17) is 9.26 Å². The predicted octanol–water partition coefficient (Wildman–Crippen LogP) is 2.17. The second-order valence-corrected chi connectivity index (χ2v) is 5.19.